The third-order valence-electron chi connectivity index (χ3n) is 2.98. The zero-order valence-electron chi connectivity index (χ0n) is 7.61. The molecule has 74 valence electrons. The van der Waals surface area contributed by atoms with Crippen molar-refractivity contribution < 1.29 is 14.6 Å². The summed E-state index contributed by atoms with van der Waals surface area (Å²) >= 11 is 0. The average molecular weight is 185 g/mol. The van der Waals surface area contributed by atoms with Gasteiger partial charge < -0.3 is 9.84 Å². The van der Waals surface area contributed by atoms with Gasteiger partial charge in [-0.05, 0) is 18.8 Å². The predicted molar refractivity (Wildman–Crippen MR) is 46.3 cm³/mol. The van der Waals surface area contributed by atoms with Crippen molar-refractivity contribution >= 4 is 5.97 Å². The van der Waals surface area contributed by atoms with Crippen molar-refractivity contribution in [2.24, 2.45) is 5.92 Å². The second-order valence-corrected chi connectivity index (χ2v) is 3.89. The van der Waals surface area contributed by atoms with E-state index in [4.69, 9.17) is 9.84 Å². The fourth-order valence-electron chi connectivity index (χ4n) is 2.18. The number of ether oxygens (including phenoxy) is 1. The monoisotopic (exact) mass is 185 g/mol. The van der Waals surface area contributed by atoms with Gasteiger partial charge in [0.2, 0.25) is 0 Å². The standard InChI is InChI=1S/C9H15NO3/c11-9(12)2-1-7-3-4-10-5-8(7)13-6-10/h7-8H,1-6H2,(H,11,12). The highest BCUT2D eigenvalue weighted by Crippen LogP contribution is 2.28. The summed E-state index contributed by atoms with van der Waals surface area (Å²) in [6.07, 6.45) is 2.45. The van der Waals surface area contributed by atoms with Crippen LogP contribution in [0.1, 0.15) is 19.3 Å². The highest BCUT2D eigenvalue weighted by molar-refractivity contribution is 5.66. The highest BCUT2D eigenvalue weighted by Gasteiger charge is 2.34. The smallest absolute Gasteiger partial charge is 0.303 e. The van der Waals surface area contributed by atoms with E-state index in [9.17, 15) is 4.79 Å². The Hall–Kier alpha value is -0.610. The van der Waals surface area contributed by atoms with Gasteiger partial charge >= 0.3 is 5.97 Å². The molecule has 0 aromatic heterocycles. The van der Waals surface area contributed by atoms with Crippen LogP contribution in [0.5, 0.6) is 0 Å². The number of carboxylic acids is 1. The van der Waals surface area contributed by atoms with Crippen molar-refractivity contribution in [2.75, 3.05) is 19.8 Å². The molecule has 0 amide bonds. The Labute approximate surface area is 77.5 Å². The van der Waals surface area contributed by atoms with Gasteiger partial charge in [-0.1, -0.05) is 0 Å². The fourth-order valence-corrected chi connectivity index (χ4v) is 2.18. The second-order valence-electron chi connectivity index (χ2n) is 3.89. The lowest BCUT2D eigenvalue weighted by Crippen LogP contribution is -2.35. The summed E-state index contributed by atoms with van der Waals surface area (Å²) in [6, 6.07) is 0. The van der Waals surface area contributed by atoms with Gasteiger partial charge in [-0.25, -0.2) is 0 Å². The summed E-state index contributed by atoms with van der Waals surface area (Å²) in [5, 5.41) is 8.56. The molecule has 2 saturated heterocycles. The van der Waals surface area contributed by atoms with E-state index in [0.29, 0.717) is 12.0 Å². The summed E-state index contributed by atoms with van der Waals surface area (Å²) in [5.74, 6) is -0.227. The third kappa shape index (κ3) is 2.00. The number of piperidine rings is 1. The summed E-state index contributed by atoms with van der Waals surface area (Å²) in [4.78, 5) is 12.7. The number of fused-ring (bicyclic) bond motifs is 2. The van der Waals surface area contributed by atoms with E-state index in [-0.39, 0.29) is 6.42 Å². The molecule has 2 rings (SSSR count). The minimum Gasteiger partial charge on any atom is -0.481 e. The van der Waals surface area contributed by atoms with Crippen molar-refractivity contribution in [3.05, 3.63) is 0 Å². The lowest BCUT2D eigenvalue weighted by Gasteiger charge is -2.27. The average Bonchev–Trinajstić information content (AvgIpc) is 2.47. The molecule has 0 saturated carbocycles. The van der Waals surface area contributed by atoms with E-state index in [0.717, 1.165) is 32.7 Å². The van der Waals surface area contributed by atoms with Gasteiger partial charge in [0, 0.05) is 19.5 Å². The topological polar surface area (TPSA) is 49.8 Å². The second kappa shape index (κ2) is 3.64. The van der Waals surface area contributed by atoms with Crippen LogP contribution in [0.25, 0.3) is 0 Å². The maximum absolute atomic E-state index is 10.4. The molecule has 0 spiro atoms. The first-order valence-corrected chi connectivity index (χ1v) is 4.81. The van der Waals surface area contributed by atoms with E-state index in [1.165, 1.54) is 0 Å². The summed E-state index contributed by atoms with van der Waals surface area (Å²) in [7, 11) is 0. The van der Waals surface area contributed by atoms with Crippen molar-refractivity contribution in [3.8, 4) is 0 Å². The summed E-state index contributed by atoms with van der Waals surface area (Å²) in [6.45, 7) is 2.82. The molecule has 0 aliphatic carbocycles. The molecule has 3 unspecified atom stereocenters. The van der Waals surface area contributed by atoms with Gasteiger partial charge in [0.15, 0.2) is 0 Å². The summed E-state index contributed by atoms with van der Waals surface area (Å²) < 4.78 is 5.55. The molecule has 2 fully saturated rings. The fraction of sp³-hybridized carbons (Fsp3) is 0.889. The van der Waals surface area contributed by atoms with Gasteiger partial charge in [-0.15, -0.1) is 0 Å². The molecule has 3 atom stereocenters. The molecule has 4 nitrogen and oxygen atoms in total. The van der Waals surface area contributed by atoms with Crippen molar-refractivity contribution in [2.45, 2.75) is 25.4 Å². The zero-order chi connectivity index (χ0) is 9.26. The van der Waals surface area contributed by atoms with Crippen LogP contribution in [-0.2, 0) is 9.53 Å². The normalized spacial score (nSPS) is 37.7. The molecule has 13 heavy (non-hydrogen) atoms. The Morgan fingerprint density at radius 1 is 1.62 bits per heavy atom. The van der Waals surface area contributed by atoms with Crippen LogP contribution < -0.4 is 0 Å². The molecule has 1 N–H and O–H groups in total. The quantitative estimate of drug-likeness (QED) is 0.696. The molecule has 2 aliphatic rings. The molecular weight excluding hydrogens is 170 g/mol. The Morgan fingerprint density at radius 3 is 3.23 bits per heavy atom. The van der Waals surface area contributed by atoms with Crippen molar-refractivity contribution in [1.82, 2.24) is 4.90 Å². The molecular formula is C9H15NO3. The molecule has 2 aliphatic heterocycles. The largest absolute Gasteiger partial charge is 0.481 e. The van der Waals surface area contributed by atoms with Gasteiger partial charge in [-0.3, -0.25) is 9.69 Å². The van der Waals surface area contributed by atoms with Crippen LogP contribution in [0.2, 0.25) is 0 Å². The minimum atomic E-state index is -0.694. The van der Waals surface area contributed by atoms with E-state index < -0.39 is 5.97 Å². The zero-order valence-corrected chi connectivity index (χ0v) is 7.61. The molecule has 0 aromatic rings. The SMILES string of the molecule is O=C(O)CCC1CCN2COC1C2. The number of carbonyl (C=O) groups is 1. The van der Waals surface area contributed by atoms with Crippen LogP contribution in [-0.4, -0.2) is 41.9 Å². The van der Waals surface area contributed by atoms with Crippen LogP contribution in [0.3, 0.4) is 0 Å². The maximum Gasteiger partial charge on any atom is 0.303 e. The van der Waals surface area contributed by atoms with Gasteiger partial charge in [0.1, 0.15) is 0 Å². The Kier molecular flexibility index (Phi) is 2.51. The van der Waals surface area contributed by atoms with Crippen molar-refractivity contribution in [3.63, 3.8) is 0 Å². The van der Waals surface area contributed by atoms with Crippen LogP contribution >= 0.6 is 0 Å². The van der Waals surface area contributed by atoms with Crippen molar-refractivity contribution in [1.29, 1.82) is 0 Å². The Morgan fingerprint density at radius 2 is 2.46 bits per heavy atom. The van der Waals surface area contributed by atoms with Crippen LogP contribution in [0.4, 0.5) is 0 Å². The number of aliphatic carboxylic acids is 1. The highest BCUT2D eigenvalue weighted by atomic mass is 16.5. The van der Waals surface area contributed by atoms with E-state index in [1.54, 1.807) is 0 Å². The van der Waals surface area contributed by atoms with Gasteiger partial charge in [-0.2, -0.15) is 0 Å². The lowest BCUT2D eigenvalue weighted by molar-refractivity contribution is -0.137. The van der Waals surface area contributed by atoms with Gasteiger partial charge in [0.25, 0.3) is 0 Å². The maximum atomic E-state index is 10.4. The Balaban J connectivity index is 1.82. The summed E-state index contributed by atoms with van der Waals surface area (Å²) in [5.41, 5.74) is 0. The van der Waals surface area contributed by atoms with Crippen LogP contribution in [0.15, 0.2) is 0 Å². The number of hydrogen-bond donors (Lipinski definition) is 1. The predicted octanol–water partition coefficient (Wildman–Crippen LogP) is 0.529. The van der Waals surface area contributed by atoms with E-state index >= 15 is 0 Å². The van der Waals surface area contributed by atoms with Crippen LogP contribution in [0, 0.1) is 5.92 Å². The third-order valence-corrected chi connectivity index (χ3v) is 2.98. The molecule has 4 heteroatoms. The molecule has 0 radical (unpaired) electrons. The first kappa shape index (κ1) is 8.97. The number of carboxylic acid groups (broad SMARTS) is 1. The van der Waals surface area contributed by atoms with E-state index in [2.05, 4.69) is 4.90 Å². The van der Waals surface area contributed by atoms with Gasteiger partial charge in [0.05, 0.1) is 12.8 Å². The minimum absolute atomic E-state index is 0.282. The number of rotatable bonds is 3. The molecule has 2 bridgehead atoms. The Bertz CT molecular complexity index is 207. The van der Waals surface area contributed by atoms with E-state index in [1.807, 2.05) is 0 Å². The molecule has 2 heterocycles. The number of hydrogen-bond acceptors (Lipinski definition) is 3. The number of nitrogens with zero attached hydrogens (tertiary/aromatic N) is 1. The molecule has 0 aromatic carbocycles. The lowest BCUT2D eigenvalue weighted by atomic mass is 9.90. The first-order chi connectivity index (χ1) is 6.25. The first-order valence-electron chi connectivity index (χ1n) is 4.81.